The van der Waals surface area contributed by atoms with E-state index in [1.807, 2.05) is 12.1 Å². The number of hydrogen-bond donors (Lipinski definition) is 0. The SMILES string of the molecule is COc1cc(C2(c3ccc(OCC4CO4)c(OC)c3)c3ccccc3Cc3ccccc32)ccc1OCC1CO1. The Morgan fingerprint density at radius 1 is 0.625 bits per heavy atom. The number of benzene rings is 4. The van der Waals surface area contributed by atoms with E-state index in [0.717, 1.165) is 30.8 Å². The molecule has 7 rings (SSSR count). The summed E-state index contributed by atoms with van der Waals surface area (Å²) >= 11 is 0. The predicted molar refractivity (Wildman–Crippen MR) is 151 cm³/mol. The number of epoxide rings is 2. The molecular weight excluding hydrogens is 504 g/mol. The first-order valence-electron chi connectivity index (χ1n) is 13.7. The zero-order chi connectivity index (χ0) is 27.1. The van der Waals surface area contributed by atoms with Gasteiger partial charge >= 0.3 is 0 Å². The molecule has 2 atom stereocenters. The van der Waals surface area contributed by atoms with Crippen molar-refractivity contribution in [3.05, 3.63) is 118 Å². The lowest BCUT2D eigenvalue weighted by molar-refractivity contribution is 0.251. The maximum absolute atomic E-state index is 6.08. The van der Waals surface area contributed by atoms with Crippen LogP contribution in [0.25, 0.3) is 0 Å². The summed E-state index contributed by atoms with van der Waals surface area (Å²) in [5, 5.41) is 0. The monoisotopic (exact) mass is 536 g/mol. The fraction of sp³-hybridized carbons (Fsp3) is 0.294. The first kappa shape index (κ1) is 25.0. The minimum absolute atomic E-state index is 0.160. The second kappa shape index (κ2) is 10.2. The van der Waals surface area contributed by atoms with E-state index in [9.17, 15) is 0 Å². The number of fused-ring (bicyclic) bond motifs is 2. The van der Waals surface area contributed by atoms with E-state index in [-0.39, 0.29) is 12.2 Å². The molecule has 3 aliphatic rings. The van der Waals surface area contributed by atoms with Crippen LogP contribution < -0.4 is 18.9 Å². The Bertz CT molecular complexity index is 1420. The Morgan fingerprint density at radius 2 is 1.07 bits per heavy atom. The Labute approximate surface area is 234 Å². The van der Waals surface area contributed by atoms with Gasteiger partial charge in [0.1, 0.15) is 25.4 Å². The molecule has 4 aromatic rings. The zero-order valence-corrected chi connectivity index (χ0v) is 22.7. The lowest BCUT2D eigenvalue weighted by atomic mass is 9.59. The molecule has 0 amide bonds. The molecule has 0 N–H and O–H groups in total. The topological polar surface area (TPSA) is 62.0 Å². The van der Waals surface area contributed by atoms with Crippen molar-refractivity contribution >= 4 is 0 Å². The van der Waals surface area contributed by atoms with Gasteiger partial charge in [-0.3, -0.25) is 0 Å². The summed E-state index contributed by atoms with van der Waals surface area (Å²) in [6, 6.07) is 30.0. The van der Waals surface area contributed by atoms with Gasteiger partial charge in [-0.05, 0) is 64.1 Å². The first-order chi connectivity index (χ1) is 19.7. The van der Waals surface area contributed by atoms with Crippen molar-refractivity contribution in [1.29, 1.82) is 0 Å². The van der Waals surface area contributed by atoms with Gasteiger partial charge in [-0.25, -0.2) is 0 Å². The van der Waals surface area contributed by atoms with E-state index in [1.54, 1.807) is 14.2 Å². The first-order valence-corrected chi connectivity index (χ1v) is 13.7. The third-order valence-corrected chi connectivity index (χ3v) is 8.07. The van der Waals surface area contributed by atoms with Crippen LogP contribution >= 0.6 is 0 Å². The molecule has 0 spiro atoms. The number of rotatable bonds is 10. The lowest BCUT2D eigenvalue weighted by Crippen LogP contribution is -2.36. The minimum atomic E-state index is -0.623. The van der Waals surface area contributed by atoms with Gasteiger partial charge < -0.3 is 28.4 Å². The lowest BCUT2D eigenvalue weighted by Gasteiger charge is -2.42. The Balaban J connectivity index is 1.44. The fourth-order valence-electron chi connectivity index (χ4n) is 5.95. The summed E-state index contributed by atoms with van der Waals surface area (Å²) in [5.74, 6) is 2.79. The summed E-state index contributed by atoms with van der Waals surface area (Å²) < 4.78 is 34.6. The van der Waals surface area contributed by atoms with E-state index in [0.29, 0.717) is 36.2 Å². The smallest absolute Gasteiger partial charge is 0.161 e. The Morgan fingerprint density at radius 3 is 1.50 bits per heavy atom. The fourth-order valence-corrected chi connectivity index (χ4v) is 5.95. The van der Waals surface area contributed by atoms with Crippen LogP contribution in [-0.4, -0.2) is 52.9 Å². The molecule has 0 saturated carbocycles. The van der Waals surface area contributed by atoms with Crippen LogP contribution in [0.4, 0.5) is 0 Å². The van der Waals surface area contributed by atoms with Crippen molar-refractivity contribution in [2.24, 2.45) is 0 Å². The summed E-state index contributed by atoms with van der Waals surface area (Å²) in [4.78, 5) is 0. The van der Waals surface area contributed by atoms with Gasteiger partial charge in [-0.1, -0.05) is 60.7 Å². The van der Waals surface area contributed by atoms with E-state index < -0.39 is 5.41 Å². The van der Waals surface area contributed by atoms with Crippen LogP contribution in [0.2, 0.25) is 0 Å². The molecule has 0 radical (unpaired) electrons. The third-order valence-electron chi connectivity index (χ3n) is 8.07. The van der Waals surface area contributed by atoms with Crippen molar-refractivity contribution in [2.75, 3.05) is 40.6 Å². The molecule has 0 bridgehead atoms. The third kappa shape index (κ3) is 4.37. The van der Waals surface area contributed by atoms with Crippen LogP contribution in [-0.2, 0) is 21.3 Å². The Kier molecular flexibility index (Phi) is 6.37. The molecule has 0 aromatic heterocycles. The second-order valence-corrected chi connectivity index (χ2v) is 10.5. The van der Waals surface area contributed by atoms with Gasteiger partial charge in [0.25, 0.3) is 0 Å². The highest BCUT2D eigenvalue weighted by atomic mass is 16.6. The van der Waals surface area contributed by atoms with Crippen molar-refractivity contribution < 1.29 is 28.4 Å². The van der Waals surface area contributed by atoms with Crippen molar-refractivity contribution in [3.8, 4) is 23.0 Å². The molecule has 40 heavy (non-hydrogen) atoms. The minimum Gasteiger partial charge on any atom is -0.493 e. The maximum atomic E-state index is 6.08. The van der Waals surface area contributed by atoms with Gasteiger partial charge in [0.05, 0.1) is 32.8 Å². The molecule has 6 heteroatoms. The number of hydrogen-bond acceptors (Lipinski definition) is 6. The Hall–Kier alpha value is -4.00. The molecule has 1 aliphatic carbocycles. The summed E-state index contributed by atoms with van der Waals surface area (Å²) in [6.07, 6.45) is 1.19. The van der Waals surface area contributed by atoms with Crippen LogP contribution in [0.15, 0.2) is 84.9 Å². The van der Waals surface area contributed by atoms with Crippen molar-refractivity contribution in [3.63, 3.8) is 0 Å². The summed E-state index contributed by atoms with van der Waals surface area (Å²) in [7, 11) is 3.38. The van der Waals surface area contributed by atoms with E-state index in [4.69, 9.17) is 28.4 Å². The van der Waals surface area contributed by atoms with Crippen LogP contribution in [0.5, 0.6) is 23.0 Å². The maximum Gasteiger partial charge on any atom is 0.161 e. The molecule has 4 aromatic carbocycles. The number of methoxy groups -OCH3 is 2. The van der Waals surface area contributed by atoms with Gasteiger partial charge in [-0.15, -0.1) is 0 Å². The van der Waals surface area contributed by atoms with E-state index >= 15 is 0 Å². The normalized spacial score (nSPS) is 19.6. The van der Waals surface area contributed by atoms with Gasteiger partial charge in [-0.2, -0.15) is 0 Å². The van der Waals surface area contributed by atoms with Gasteiger partial charge in [0, 0.05) is 0 Å². The summed E-state index contributed by atoms with van der Waals surface area (Å²) in [6.45, 7) is 2.51. The molecule has 2 saturated heterocycles. The molecule has 204 valence electrons. The molecular formula is C34H32O6. The highest BCUT2D eigenvalue weighted by Gasteiger charge is 2.44. The molecule has 2 aliphatic heterocycles. The average molecular weight is 537 g/mol. The largest absolute Gasteiger partial charge is 0.493 e. The highest BCUT2D eigenvalue weighted by Crippen LogP contribution is 2.53. The standard InChI is InChI=1S/C34H32O6/c1-35-32-16-24(11-13-30(32)39-20-26-18-37-26)34(25-12-14-31(33(17-25)36-2)40-21-27-19-38-27)28-9-5-3-7-22(28)15-23-8-4-6-10-29(23)34/h3-14,16-17,26-27H,15,18-21H2,1-2H3. The van der Waals surface area contributed by atoms with Crippen LogP contribution in [0, 0.1) is 0 Å². The second-order valence-electron chi connectivity index (χ2n) is 10.5. The quantitative estimate of drug-likeness (QED) is 0.218. The zero-order valence-electron chi connectivity index (χ0n) is 22.7. The van der Waals surface area contributed by atoms with E-state index in [2.05, 4.69) is 72.8 Å². The van der Waals surface area contributed by atoms with Crippen molar-refractivity contribution in [2.45, 2.75) is 24.0 Å². The molecule has 2 fully saturated rings. The summed E-state index contributed by atoms with van der Waals surface area (Å²) in [5.41, 5.74) is 6.59. The highest BCUT2D eigenvalue weighted by molar-refractivity contribution is 5.69. The van der Waals surface area contributed by atoms with Crippen molar-refractivity contribution in [1.82, 2.24) is 0 Å². The van der Waals surface area contributed by atoms with Gasteiger partial charge in [0.15, 0.2) is 23.0 Å². The van der Waals surface area contributed by atoms with Crippen LogP contribution in [0.3, 0.4) is 0 Å². The predicted octanol–water partition coefficient (Wildman–Crippen LogP) is 5.55. The van der Waals surface area contributed by atoms with E-state index in [1.165, 1.54) is 22.3 Å². The molecule has 2 heterocycles. The molecule has 6 nitrogen and oxygen atoms in total. The van der Waals surface area contributed by atoms with Gasteiger partial charge in [0.2, 0.25) is 0 Å². The average Bonchev–Trinajstić information content (AvgIpc) is 3.94. The number of ether oxygens (including phenoxy) is 6. The van der Waals surface area contributed by atoms with Crippen LogP contribution in [0.1, 0.15) is 33.4 Å². The molecule has 2 unspecified atom stereocenters.